The standard InChI is InChI=1S/C12H18N2O2S/c1-9-10(13)5-3-6-11(9)17(15,16)14-12(2)7-4-8-12/h3,5-6,14H,4,7-8,13H2,1-2H3. The molecule has 0 bridgehead atoms. The largest absolute Gasteiger partial charge is 0.398 e. The normalized spacial score (nSPS) is 18.7. The number of hydrogen-bond acceptors (Lipinski definition) is 3. The summed E-state index contributed by atoms with van der Waals surface area (Å²) in [5, 5.41) is 0. The Morgan fingerprint density at radius 1 is 1.35 bits per heavy atom. The zero-order valence-corrected chi connectivity index (χ0v) is 11.0. The molecule has 94 valence electrons. The molecule has 4 nitrogen and oxygen atoms in total. The van der Waals surface area contributed by atoms with Crippen molar-refractivity contribution in [2.75, 3.05) is 5.73 Å². The maximum Gasteiger partial charge on any atom is 0.241 e. The maximum atomic E-state index is 12.2. The monoisotopic (exact) mass is 254 g/mol. The topological polar surface area (TPSA) is 72.2 Å². The average molecular weight is 254 g/mol. The van der Waals surface area contributed by atoms with Crippen molar-refractivity contribution in [3.05, 3.63) is 23.8 Å². The summed E-state index contributed by atoms with van der Waals surface area (Å²) in [5.74, 6) is 0. The van der Waals surface area contributed by atoms with E-state index in [-0.39, 0.29) is 10.4 Å². The van der Waals surface area contributed by atoms with Gasteiger partial charge in [0.2, 0.25) is 10.0 Å². The van der Waals surface area contributed by atoms with Crippen LogP contribution in [0.15, 0.2) is 23.1 Å². The van der Waals surface area contributed by atoms with Crippen LogP contribution in [0.4, 0.5) is 5.69 Å². The molecule has 1 aromatic carbocycles. The van der Waals surface area contributed by atoms with E-state index < -0.39 is 10.0 Å². The summed E-state index contributed by atoms with van der Waals surface area (Å²) >= 11 is 0. The SMILES string of the molecule is Cc1c(N)cccc1S(=O)(=O)NC1(C)CCC1. The molecule has 0 saturated heterocycles. The second-order valence-corrected chi connectivity index (χ2v) is 6.64. The molecule has 0 atom stereocenters. The van der Waals surface area contributed by atoms with Crippen molar-refractivity contribution in [1.82, 2.24) is 4.72 Å². The molecule has 2 rings (SSSR count). The lowest BCUT2D eigenvalue weighted by atomic mass is 9.80. The molecule has 1 aliphatic rings. The van der Waals surface area contributed by atoms with Gasteiger partial charge in [0.25, 0.3) is 0 Å². The predicted octanol–water partition coefficient (Wildman–Crippen LogP) is 1.80. The Kier molecular flexibility index (Phi) is 2.91. The van der Waals surface area contributed by atoms with Crippen LogP contribution in [-0.4, -0.2) is 14.0 Å². The molecule has 0 aliphatic heterocycles. The highest BCUT2D eigenvalue weighted by atomic mass is 32.2. The molecule has 17 heavy (non-hydrogen) atoms. The Balaban J connectivity index is 2.35. The summed E-state index contributed by atoms with van der Waals surface area (Å²) in [5.41, 5.74) is 6.57. The third kappa shape index (κ3) is 2.30. The molecule has 3 N–H and O–H groups in total. The lowest BCUT2D eigenvalue weighted by Crippen LogP contribution is -2.50. The number of anilines is 1. The molecule has 0 radical (unpaired) electrons. The Bertz CT molecular complexity index is 533. The van der Waals surface area contributed by atoms with Crippen molar-refractivity contribution >= 4 is 15.7 Å². The first-order valence-corrected chi connectivity index (χ1v) is 7.21. The van der Waals surface area contributed by atoms with Gasteiger partial charge in [-0.2, -0.15) is 0 Å². The van der Waals surface area contributed by atoms with Gasteiger partial charge in [0.1, 0.15) is 0 Å². The maximum absolute atomic E-state index is 12.2. The van der Waals surface area contributed by atoms with Gasteiger partial charge in [-0.05, 0) is 50.8 Å². The fraction of sp³-hybridized carbons (Fsp3) is 0.500. The third-order valence-corrected chi connectivity index (χ3v) is 5.24. The second-order valence-electron chi connectivity index (χ2n) is 4.99. The highest BCUT2D eigenvalue weighted by Crippen LogP contribution is 2.33. The summed E-state index contributed by atoms with van der Waals surface area (Å²) in [4.78, 5) is 0.283. The molecular formula is C12H18N2O2S. The minimum atomic E-state index is -3.46. The van der Waals surface area contributed by atoms with Crippen LogP contribution in [0, 0.1) is 6.92 Å². The van der Waals surface area contributed by atoms with Gasteiger partial charge in [-0.3, -0.25) is 0 Å². The first-order chi connectivity index (χ1) is 7.84. The Morgan fingerprint density at radius 3 is 2.53 bits per heavy atom. The first-order valence-electron chi connectivity index (χ1n) is 5.73. The summed E-state index contributed by atoms with van der Waals surface area (Å²) in [6, 6.07) is 4.97. The van der Waals surface area contributed by atoms with E-state index in [1.807, 2.05) is 6.92 Å². The number of benzene rings is 1. The fourth-order valence-electron chi connectivity index (χ4n) is 2.11. The van der Waals surface area contributed by atoms with Crippen molar-refractivity contribution in [1.29, 1.82) is 0 Å². The zero-order valence-electron chi connectivity index (χ0n) is 10.2. The quantitative estimate of drug-likeness (QED) is 0.808. The van der Waals surface area contributed by atoms with Gasteiger partial charge >= 0.3 is 0 Å². The molecule has 1 aromatic rings. The minimum absolute atomic E-state index is 0.282. The van der Waals surface area contributed by atoms with Crippen LogP contribution in [-0.2, 0) is 10.0 Å². The number of nitrogens with two attached hydrogens (primary N) is 1. The fourth-order valence-corrected chi connectivity index (χ4v) is 3.85. The van der Waals surface area contributed by atoms with Crippen LogP contribution in [0.3, 0.4) is 0 Å². The van der Waals surface area contributed by atoms with Crippen LogP contribution in [0.1, 0.15) is 31.7 Å². The molecule has 0 spiro atoms. The predicted molar refractivity (Wildman–Crippen MR) is 68.2 cm³/mol. The third-order valence-electron chi connectivity index (χ3n) is 3.45. The van der Waals surface area contributed by atoms with E-state index in [9.17, 15) is 8.42 Å². The van der Waals surface area contributed by atoms with Gasteiger partial charge in [0.15, 0.2) is 0 Å². The lowest BCUT2D eigenvalue weighted by Gasteiger charge is -2.38. The van der Waals surface area contributed by atoms with Crippen LogP contribution in [0.5, 0.6) is 0 Å². The molecular weight excluding hydrogens is 236 g/mol. The van der Waals surface area contributed by atoms with E-state index in [1.54, 1.807) is 25.1 Å². The Morgan fingerprint density at radius 2 is 2.00 bits per heavy atom. The van der Waals surface area contributed by atoms with Crippen LogP contribution >= 0.6 is 0 Å². The van der Waals surface area contributed by atoms with Crippen molar-refractivity contribution in [3.8, 4) is 0 Å². The van der Waals surface area contributed by atoms with Gasteiger partial charge in [-0.25, -0.2) is 13.1 Å². The van der Waals surface area contributed by atoms with Gasteiger partial charge in [-0.15, -0.1) is 0 Å². The highest BCUT2D eigenvalue weighted by molar-refractivity contribution is 7.89. The summed E-state index contributed by atoms with van der Waals surface area (Å²) in [6.45, 7) is 3.67. The highest BCUT2D eigenvalue weighted by Gasteiger charge is 2.36. The van der Waals surface area contributed by atoms with Gasteiger partial charge in [0.05, 0.1) is 4.90 Å². The van der Waals surface area contributed by atoms with Gasteiger partial charge in [-0.1, -0.05) is 6.07 Å². The molecule has 0 heterocycles. The van der Waals surface area contributed by atoms with E-state index >= 15 is 0 Å². The van der Waals surface area contributed by atoms with E-state index in [4.69, 9.17) is 5.73 Å². The minimum Gasteiger partial charge on any atom is -0.398 e. The van der Waals surface area contributed by atoms with E-state index in [0.29, 0.717) is 11.3 Å². The Hall–Kier alpha value is -1.07. The van der Waals surface area contributed by atoms with Gasteiger partial charge < -0.3 is 5.73 Å². The summed E-state index contributed by atoms with van der Waals surface area (Å²) in [7, 11) is -3.46. The number of nitrogen functional groups attached to an aromatic ring is 1. The van der Waals surface area contributed by atoms with Crippen LogP contribution in [0.25, 0.3) is 0 Å². The van der Waals surface area contributed by atoms with Crippen molar-refractivity contribution in [3.63, 3.8) is 0 Å². The average Bonchev–Trinajstić information content (AvgIpc) is 2.19. The number of sulfonamides is 1. The van der Waals surface area contributed by atoms with E-state index in [2.05, 4.69) is 4.72 Å². The molecule has 0 amide bonds. The van der Waals surface area contributed by atoms with E-state index in [0.717, 1.165) is 19.3 Å². The smallest absolute Gasteiger partial charge is 0.241 e. The van der Waals surface area contributed by atoms with E-state index in [1.165, 1.54) is 0 Å². The summed E-state index contributed by atoms with van der Waals surface area (Å²) in [6.07, 6.45) is 2.87. The number of rotatable bonds is 3. The van der Waals surface area contributed by atoms with Gasteiger partial charge in [0, 0.05) is 11.2 Å². The summed E-state index contributed by atoms with van der Waals surface area (Å²) < 4.78 is 27.3. The van der Waals surface area contributed by atoms with Crippen molar-refractivity contribution < 1.29 is 8.42 Å². The molecule has 1 saturated carbocycles. The first kappa shape index (κ1) is 12.4. The molecule has 1 fully saturated rings. The molecule has 0 aromatic heterocycles. The van der Waals surface area contributed by atoms with Crippen molar-refractivity contribution in [2.24, 2.45) is 0 Å². The lowest BCUT2D eigenvalue weighted by molar-refractivity contribution is 0.248. The van der Waals surface area contributed by atoms with Crippen LogP contribution in [0.2, 0.25) is 0 Å². The second kappa shape index (κ2) is 3.99. The molecule has 1 aliphatic carbocycles. The van der Waals surface area contributed by atoms with Crippen LogP contribution < -0.4 is 10.5 Å². The number of nitrogens with one attached hydrogen (secondary N) is 1. The number of hydrogen-bond donors (Lipinski definition) is 2. The van der Waals surface area contributed by atoms with Crippen molar-refractivity contribution in [2.45, 2.75) is 43.5 Å². The molecule has 0 unspecified atom stereocenters. The molecule has 5 heteroatoms. The Labute approximate surface area is 102 Å². The zero-order chi connectivity index (χ0) is 12.7.